The Hall–Kier alpha value is -3.87. The smallest absolute Gasteiger partial charge is 0.337 e. The van der Waals surface area contributed by atoms with Crippen LogP contribution in [0.5, 0.6) is 0 Å². The van der Waals surface area contributed by atoms with Crippen LogP contribution >= 0.6 is 0 Å². The van der Waals surface area contributed by atoms with Gasteiger partial charge in [0.15, 0.2) is 0 Å². The lowest BCUT2D eigenvalue weighted by atomic mass is 10.0. The number of esters is 1. The Kier molecular flexibility index (Phi) is 14.9. The van der Waals surface area contributed by atoms with E-state index in [4.69, 9.17) is 9.47 Å². The van der Waals surface area contributed by atoms with Crippen molar-refractivity contribution in [2.45, 2.75) is 54.0 Å². The largest absolute Gasteiger partial charge is 0.465 e. The minimum absolute atomic E-state index is 0.345. The monoisotopic (exact) mass is 611 g/mol. The van der Waals surface area contributed by atoms with Gasteiger partial charge in [-0.05, 0) is 82.5 Å². The average molecular weight is 612 g/mol. The summed E-state index contributed by atoms with van der Waals surface area (Å²) in [6, 6.07) is 17.7. The number of ether oxygens (including phenoxy) is 2. The lowest BCUT2D eigenvalue weighted by Gasteiger charge is -2.33. The van der Waals surface area contributed by atoms with Crippen molar-refractivity contribution in [3.63, 3.8) is 0 Å². The van der Waals surface area contributed by atoms with Crippen LogP contribution in [0.1, 0.15) is 50.8 Å². The lowest BCUT2D eigenvalue weighted by Crippen LogP contribution is -2.36. The Morgan fingerprint density at radius 3 is 2.20 bits per heavy atom. The third kappa shape index (κ3) is 10.9. The molecule has 45 heavy (non-hydrogen) atoms. The van der Waals surface area contributed by atoms with Crippen LogP contribution in [0.3, 0.4) is 0 Å². The van der Waals surface area contributed by atoms with Crippen LogP contribution in [0.2, 0.25) is 0 Å². The summed E-state index contributed by atoms with van der Waals surface area (Å²) in [5.74, 6) is -0.345. The quantitative estimate of drug-likeness (QED) is 0.117. The average Bonchev–Trinajstić information content (AvgIpc) is 3.06. The molecule has 0 spiro atoms. The van der Waals surface area contributed by atoms with E-state index in [1.807, 2.05) is 25.2 Å². The third-order valence-corrected chi connectivity index (χ3v) is 7.98. The van der Waals surface area contributed by atoms with Crippen LogP contribution < -0.4 is 4.90 Å². The fourth-order valence-corrected chi connectivity index (χ4v) is 5.60. The number of benzene rings is 2. The second-order valence-corrected chi connectivity index (χ2v) is 11.4. The minimum Gasteiger partial charge on any atom is -0.465 e. The highest BCUT2D eigenvalue weighted by Gasteiger charge is 2.20. The Balaban J connectivity index is 1.89. The second kappa shape index (κ2) is 18.8. The maximum absolute atomic E-state index is 12.7. The van der Waals surface area contributed by atoms with Gasteiger partial charge in [0, 0.05) is 49.8 Å². The van der Waals surface area contributed by atoms with Crippen molar-refractivity contribution in [3.05, 3.63) is 124 Å². The van der Waals surface area contributed by atoms with Gasteiger partial charge in [0.2, 0.25) is 0 Å². The van der Waals surface area contributed by atoms with Crippen molar-refractivity contribution >= 4 is 11.7 Å². The molecule has 0 saturated carbocycles. The summed E-state index contributed by atoms with van der Waals surface area (Å²) in [5, 5.41) is 0. The highest BCUT2D eigenvalue weighted by molar-refractivity contribution is 5.92. The van der Waals surface area contributed by atoms with Gasteiger partial charge in [0.05, 0.1) is 25.9 Å². The van der Waals surface area contributed by atoms with Crippen LogP contribution in [0.15, 0.2) is 108 Å². The first-order chi connectivity index (χ1) is 21.8. The fourth-order valence-electron chi connectivity index (χ4n) is 5.60. The summed E-state index contributed by atoms with van der Waals surface area (Å²) in [4.78, 5) is 19.8. The van der Waals surface area contributed by atoms with Gasteiger partial charge in [0.1, 0.15) is 0 Å². The van der Waals surface area contributed by atoms with E-state index in [1.54, 1.807) is 0 Å². The first-order valence-electron chi connectivity index (χ1n) is 16.2. The van der Waals surface area contributed by atoms with Crippen molar-refractivity contribution in [2.24, 2.45) is 0 Å². The number of allylic oxidation sites excluding steroid dienone is 5. The summed E-state index contributed by atoms with van der Waals surface area (Å²) in [6.45, 7) is 16.2. The Morgan fingerprint density at radius 2 is 1.62 bits per heavy atom. The molecule has 1 fully saturated rings. The molecule has 0 N–H and O–H groups in total. The molecule has 2 aromatic carbocycles. The molecule has 0 amide bonds. The van der Waals surface area contributed by atoms with Gasteiger partial charge in [-0.3, -0.25) is 4.90 Å². The van der Waals surface area contributed by atoms with Crippen LogP contribution in [-0.2, 0) is 27.2 Å². The normalized spacial score (nSPS) is 15.2. The van der Waals surface area contributed by atoms with Gasteiger partial charge in [-0.15, -0.1) is 0 Å². The molecular formula is C39H53N3O3. The number of hydrogen-bond donors (Lipinski definition) is 0. The molecule has 0 radical (unpaired) electrons. The number of anilines is 1. The molecule has 0 bridgehead atoms. The standard InChI is InChI=1S/C39H53N3O3/c1-8-12-34(28-35(13-9-2)39(43)44-7)38(11-4)42(23-22-32-16-14-31(5)15-17-32)36(10-3)30-40(6)29-33-18-20-37(21-19-33)41-24-26-45-27-25-41/h9-21,28H,8,22-27,29-30H2,1-7H3/b13-9-,34-12-,35-28+,36-10-,38-11+. The van der Waals surface area contributed by atoms with Crippen molar-refractivity contribution in [3.8, 4) is 0 Å². The lowest BCUT2D eigenvalue weighted by molar-refractivity contribution is -0.135. The molecule has 1 aliphatic rings. The first kappa shape index (κ1) is 35.6. The second-order valence-electron chi connectivity index (χ2n) is 11.4. The minimum atomic E-state index is -0.345. The Labute approximate surface area is 272 Å². The van der Waals surface area contributed by atoms with Crippen molar-refractivity contribution in [1.82, 2.24) is 9.80 Å². The van der Waals surface area contributed by atoms with Crippen molar-refractivity contribution in [1.29, 1.82) is 0 Å². The fraction of sp³-hybridized carbons (Fsp3) is 0.410. The number of aryl methyl sites for hydroxylation is 1. The molecule has 1 saturated heterocycles. The molecule has 0 aliphatic carbocycles. The maximum Gasteiger partial charge on any atom is 0.337 e. The SMILES string of the molecule is C\C=C/C(=C\C(=C\CC)C(=C/C)\N(CCc1ccc(C)cc1)/C(=C\C)CN(C)Cc1ccc(N2CCOCC2)cc1)C(=O)OC. The summed E-state index contributed by atoms with van der Waals surface area (Å²) in [7, 11) is 3.61. The predicted octanol–water partition coefficient (Wildman–Crippen LogP) is 7.63. The zero-order valence-electron chi connectivity index (χ0n) is 28.5. The number of morpholine rings is 1. The highest BCUT2D eigenvalue weighted by Crippen LogP contribution is 2.26. The van der Waals surface area contributed by atoms with Crippen molar-refractivity contribution in [2.75, 3.05) is 58.5 Å². The molecule has 1 aliphatic heterocycles. The molecule has 0 aromatic heterocycles. The Morgan fingerprint density at radius 1 is 0.956 bits per heavy atom. The Bertz CT molecular complexity index is 1360. The number of carbonyl (C=O) groups excluding carboxylic acids is 1. The van der Waals surface area contributed by atoms with Gasteiger partial charge in [-0.2, -0.15) is 0 Å². The zero-order valence-corrected chi connectivity index (χ0v) is 28.5. The summed E-state index contributed by atoms with van der Waals surface area (Å²) in [5.41, 5.74) is 8.91. The predicted molar refractivity (Wildman–Crippen MR) is 188 cm³/mol. The molecule has 1 heterocycles. The summed E-state index contributed by atoms with van der Waals surface area (Å²) in [6.07, 6.45) is 13.9. The molecule has 2 aromatic rings. The highest BCUT2D eigenvalue weighted by atomic mass is 16.5. The van der Waals surface area contributed by atoms with Gasteiger partial charge >= 0.3 is 5.97 Å². The third-order valence-electron chi connectivity index (χ3n) is 7.98. The molecule has 242 valence electrons. The van der Waals surface area contributed by atoms with Gasteiger partial charge in [0.25, 0.3) is 0 Å². The van der Waals surface area contributed by atoms with Crippen LogP contribution in [0.4, 0.5) is 5.69 Å². The van der Waals surface area contributed by atoms with E-state index in [2.05, 4.69) is 116 Å². The van der Waals surface area contributed by atoms with Gasteiger partial charge in [-0.1, -0.05) is 79.3 Å². The molecule has 6 nitrogen and oxygen atoms in total. The number of nitrogens with zero attached hydrogens (tertiary/aromatic N) is 3. The number of hydrogen-bond acceptors (Lipinski definition) is 6. The summed E-state index contributed by atoms with van der Waals surface area (Å²) < 4.78 is 10.6. The summed E-state index contributed by atoms with van der Waals surface area (Å²) >= 11 is 0. The molecule has 0 unspecified atom stereocenters. The van der Waals surface area contributed by atoms with E-state index in [0.717, 1.165) is 70.0 Å². The van der Waals surface area contributed by atoms with E-state index in [9.17, 15) is 4.79 Å². The van der Waals surface area contributed by atoms with E-state index < -0.39 is 0 Å². The number of rotatable bonds is 15. The van der Waals surface area contributed by atoms with E-state index in [0.29, 0.717) is 5.57 Å². The van der Waals surface area contributed by atoms with Gasteiger partial charge < -0.3 is 19.3 Å². The first-order valence-corrected chi connectivity index (χ1v) is 16.2. The zero-order chi connectivity index (χ0) is 32.6. The number of methoxy groups -OCH3 is 1. The molecular weight excluding hydrogens is 558 g/mol. The van der Waals surface area contributed by atoms with Crippen LogP contribution in [0, 0.1) is 6.92 Å². The maximum atomic E-state index is 12.7. The molecule has 3 rings (SSSR count). The number of likely N-dealkylation sites (N-methyl/N-ethyl adjacent to an activating group) is 1. The van der Waals surface area contributed by atoms with E-state index >= 15 is 0 Å². The molecule has 6 heteroatoms. The van der Waals surface area contributed by atoms with Crippen molar-refractivity contribution < 1.29 is 14.3 Å². The van der Waals surface area contributed by atoms with E-state index in [1.165, 1.54) is 35.2 Å². The van der Waals surface area contributed by atoms with E-state index in [-0.39, 0.29) is 5.97 Å². The van der Waals surface area contributed by atoms with Gasteiger partial charge in [-0.25, -0.2) is 4.79 Å². The topological polar surface area (TPSA) is 45.2 Å². The number of carbonyl (C=O) groups is 1. The van der Waals surface area contributed by atoms with Crippen LogP contribution in [-0.4, -0.2) is 69.3 Å². The van der Waals surface area contributed by atoms with Crippen LogP contribution in [0.25, 0.3) is 0 Å². The molecule has 0 atom stereocenters.